The second-order valence-corrected chi connectivity index (χ2v) is 7.14. The van der Waals surface area contributed by atoms with Crippen LogP contribution in [0.25, 0.3) is 0 Å². The molecule has 4 rings (SSSR count). The highest BCUT2D eigenvalue weighted by Crippen LogP contribution is 2.32. The maximum absolute atomic E-state index is 10.6. The predicted octanol–water partition coefficient (Wildman–Crippen LogP) is 3.84. The number of aryl methyl sites for hydroxylation is 2. The van der Waals surface area contributed by atoms with Gasteiger partial charge in [-0.3, -0.25) is 4.68 Å². The molecule has 2 heterocycles. The minimum Gasteiger partial charge on any atom is -0.493 e. The molecule has 182 valence electrons. The highest BCUT2D eigenvalue weighted by Gasteiger charge is 2.38. The molecular formula is C21H23F3N6O4. The van der Waals surface area contributed by atoms with Crippen molar-refractivity contribution in [3.8, 4) is 11.5 Å². The number of methoxy groups -OCH3 is 2. The Morgan fingerprint density at radius 2 is 1.82 bits per heavy atom. The third kappa shape index (κ3) is 5.85. The van der Waals surface area contributed by atoms with Crippen LogP contribution in [0.4, 0.5) is 36.4 Å². The first-order valence-corrected chi connectivity index (χ1v) is 10.1. The zero-order valence-electron chi connectivity index (χ0n) is 18.6. The van der Waals surface area contributed by atoms with E-state index in [0.717, 1.165) is 30.8 Å². The number of aromatic nitrogens is 4. The van der Waals surface area contributed by atoms with E-state index in [1.165, 1.54) is 11.3 Å². The fraction of sp³-hybridized carbons (Fsp3) is 0.333. The first kappa shape index (κ1) is 24.6. The molecule has 1 aromatic carbocycles. The van der Waals surface area contributed by atoms with Gasteiger partial charge in [0, 0.05) is 30.6 Å². The summed E-state index contributed by atoms with van der Waals surface area (Å²) in [5.74, 6) is 0.758. The third-order valence-electron chi connectivity index (χ3n) is 4.85. The summed E-state index contributed by atoms with van der Waals surface area (Å²) in [6.45, 7) is 0. The summed E-state index contributed by atoms with van der Waals surface area (Å²) < 4.78 is 44.2. The number of halogens is 3. The number of nitrogens with zero attached hydrogens (tertiary/aromatic N) is 4. The van der Waals surface area contributed by atoms with Gasteiger partial charge in [0.25, 0.3) is 0 Å². The normalized spacial score (nSPS) is 12.3. The van der Waals surface area contributed by atoms with Gasteiger partial charge in [-0.25, -0.2) is 9.78 Å². The number of carboxylic acid groups (broad SMARTS) is 1. The van der Waals surface area contributed by atoms with Crippen molar-refractivity contribution in [1.82, 2.24) is 19.7 Å². The van der Waals surface area contributed by atoms with Crippen molar-refractivity contribution in [2.24, 2.45) is 7.05 Å². The molecule has 1 aliphatic rings. The smallest absolute Gasteiger partial charge is 0.490 e. The largest absolute Gasteiger partial charge is 0.493 e. The molecule has 0 amide bonds. The molecule has 13 heteroatoms. The zero-order chi connectivity index (χ0) is 24.9. The summed E-state index contributed by atoms with van der Waals surface area (Å²) in [5, 5.41) is 18.3. The van der Waals surface area contributed by atoms with Gasteiger partial charge in [-0.1, -0.05) is 0 Å². The molecule has 3 aromatic rings. The van der Waals surface area contributed by atoms with Gasteiger partial charge in [0.2, 0.25) is 5.95 Å². The lowest BCUT2D eigenvalue weighted by Crippen LogP contribution is -2.21. The molecule has 34 heavy (non-hydrogen) atoms. The lowest BCUT2D eigenvalue weighted by Gasteiger charge is -2.12. The van der Waals surface area contributed by atoms with Gasteiger partial charge in [0.1, 0.15) is 11.6 Å². The number of hydrogen-bond acceptors (Lipinski definition) is 8. The van der Waals surface area contributed by atoms with Gasteiger partial charge in [-0.15, -0.1) is 0 Å². The van der Waals surface area contributed by atoms with Crippen LogP contribution in [0, 0.1) is 0 Å². The van der Waals surface area contributed by atoms with Crippen LogP contribution < -0.4 is 20.1 Å². The van der Waals surface area contributed by atoms with E-state index >= 15 is 0 Å². The number of rotatable bonds is 6. The summed E-state index contributed by atoms with van der Waals surface area (Å²) in [6, 6.07) is 7.41. The third-order valence-corrected chi connectivity index (χ3v) is 4.85. The number of benzene rings is 1. The Morgan fingerprint density at radius 1 is 1.12 bits per heavy atom. The zero-order valence-corrected chi connectivity index (χ0v) is 18.6. The maximum atomic E-state index is 10.6. The average molecular weight is 480 g/mol. The molecule has 0 spiro atoms. The first-order chi connectivity index (χ1) is 16.1. The Labute approximate surface area is 192 Å². The number of nitrogens with one attached hydrogen (secondary N) is 2. The van der Waals surface area contributed by atoms with Crippen molar-refractivity contribution >= 4 is 29.2 Å². The Balaban J connectivity index is 0.000000406. The van der Waals surface area contributed by atoms with Crippen LogP contribution in [-0.2, 0) is 24.7 Å². The number of aliphatic carboxylic acids is 1. The van der Waals surface area contributed by atoms with Crippen LogP contribution in [0.3, 0.4) is 0 Å². The number of anilines is 4. The van der Waals surface area contributed by atoms with Crippen LogP contribution >= 0.6 is 0 Å². The lowest BCUT2D eigenvalue weighted by molar-refractivity contribution is -0.192. The van der Waals surface area contributed by atoms with E-state index in [9.17, 15) is 13.2 Å². The van der Waals surface area contributed by atoms with Crippen LogP contribution in [0.15, 0.2) is 30.5 Å². The number of hydrogen-bond donors (Lipinski definition) is 3. The van der Waals surface area contributed by atoms with Crippen molar-refractivity contribution in [3.63, 3.8) is 0 Å². The number of fused-ring (bicyclic) bond motifs is 1. The number of carbonyl (C=O) groups is 1. The highest BCUT2D eigenvalue weighted by molar-refractivity contribution is 5.73. The van der Waals surface area contributed by atoms with E-state index in [1.54, 1.807) is 20.4 Å². The second-order valence-electron chi connectivity index (χ2n) is 7.14. The van der Waals surface area contributed by atoms with Gasteiger partial charge in [0.15, 0.2) is 11.5 Å². The van der Waals surface area contributed by atoms with Gasteiger partial charge >= 0.3 is 12.1 Å². The fourth-order valence-electron chi connectivity index (χ4n) is 3.33. The summed E-state index contributed by atoms with van der Waals surface area (Å²) in [7, 11) is 5.16. The fourth-order valence-corrected chi connectivity index (χ4v) is 3.33. The SMILES string of the molecule is COc1ccc(Nc2nccc(Nc3c4c(nn3C)CCC4)n2)cc1OC.O=C(O)C(F)(F)F. The molecular weight excluding hydrogens is 457 g/mol. The number of ether oxygens (including phenoxy) is 2. The van der Waals surface area contributed by atoms with E-state index in [1.807, 2.05) is 36.0 Å². The molecule has 1 aliphatic carbocycles. The Morgan fingerprint density at radius 3 is 2.47 bits per heavy atom. The number of carboxylic acids is 1. The molecule has 0 bridgehead atoms. The molecule has 10 nitrogen and oxygen atoms in total. The minimum atomic E-state index is -5.08. The van der Waals surface area contributed by atoms with E-state index in [-0.39, 0.29) is 0 Å². The second kappa shape index (κ2) is 10.3. The molecule has 0 saturated carbocycles. The highest BCUT2D eigenvalue weighted by atomic mass is 19.4. The van der Waals surface area contributed by atoms with Crippen molar-refractivity contribution in [3.05, 3.63) is 41.7 Å². The summed E-state index contributed by atoms with van der Waals surface area (Å²) in [5.41, 5.74) is 3.27. The van der Waals surface area contributed by atoms with Crippen LogP contribution in [0.1, 0.15) is 17.7 Å². The maximum Gasteiger partial charge on any atom is 0.490 e. The minimum absolute atomic E-state index is 0.492. The first-order valence-electron chi connectivity index (χ1n) is 10.1. The summed E-state index contributed by atoms with van der Waals surface area (Å²) in [4.78, 5) is 17.8. The molecule has 0 unspecified atom stereocenters. The van der Waals surface area contributed by atoms with Crippen LogP contribution in [0.5, 0.6) is 11.5 Å². The molecule has 0 saturated heterocycles. The summed E-state index contributed by atoms with van der Waals surface area (Å²) in [6.07, 6.45) is -0.119. The molecule has 0 atom stereocenters. The Kier molecular flexibility index (Phi) is 7.44. The lowest BCUT2D eigenvalue weighted by atomic mass is 10.2. The van der Waals surface area contributed by atoms with E-state index < -0.39 is 12.1 Å². The topological polar surface area (TPSA) is 123 Å². The summed E-state index contributed by atoms with van der Waals surface area (Å²) >= 11 is 0. The molecule has 0 fully saturated rings. The van der Waals surface area contributed by atoms with Gasteiger partial charge in [-0.2, -0.15) is 23.3 Å². The molecule has 2 aromatic heterocycles. The van der Waals surface area contributed by atoms with Crippen molar-refractivity contribution in [2.45, 2.75) is 25.4 Å². The van der Waals surface area contributed by atoms with E-state index in [2.05, 4.69) is 25.7 Å². The molecule has 0 radical (unpaired) electrons. The van der Waals surface area contributed by atoms with Crippen LogP contribution in [0.2, 0.25) is 0 Å². The standard InChI is InChI=1S/C19H22N6O2.C2HF3O2/c1-25-18(13-5-4-6-14(13)24-25)22-17-9-10-20-19(23-17)21-12-7-8-15(26-2)16(11-12)27-3;3-2(4,5)1(6)7/h7-11H,4-6H2,1-3H3,(H2,20,21,22,23);(H,6,7). The van der Waals surface area contributed by atoms with Crippen molar-refractivity contribution in [1.29, 1.82) is 0 Å². The predicted molar refractivity (Wildman–Crippen MR) is 117 cm³/mol. The van der Waals surface area contributed by atoms with Crippen molar-refractivity contribution in [2.75, 3.05) is 24.9 Å². The van der Waals surface area contributed by atoms with Gasteiger partial charge < -0.3 is 25.2 Å². The van der Waals surface area contributed by atoms with E-state index in [0.29, 0.717) is 23.3 Å². The van der Waals surface area contributed by atoms with Gasteiger partial charge in [-0.05, 0) is 37.5 Å². The average Bonchev–Trinajstić information content (AvgIpc) is 3.35. The van der Waals surface area contributed by atoms with E-state index in [4.69, 9.17) is 19.4 Å². The van der Waals surface area contributed by atoms with Crippen LogP contribution in [-0.4, -0.2) is 51.2 Å². The van der Waals surface area contributed by atoms with Crippen molar-refractivity contribution < 1.29 is 32.5 Å². The molecule has 0 aliphatic heterocycles. The Bertz CT molecular complexity index is 1170. The quantitative estimate of drug-likeness (QED) is 0.483. The number of alkyl halides is 3. The van der Waals surface area contributed by atoms with Gasteiger partial charge in [0.05, 0.1) is 19.9 Å². The Hall–Kier alpha value is -4.03. The molecule has 3 N–H and O–H groups in total. The monoisotopic (exact) mass is 480 g/mol.